The first-order valence-corrected chi connectivity index (χ1v) is 4.51. The molecule has 0 fully saturated rings. The van der Waals surface area contributed by atoms with Gasteiger partial charge in [-0.3, -0.25) is 0 Å². The Kier molecular flexibility index (Phi) is 4.26. The Morgan fingerprint density at radius 3 is 2.17 bits per heavy atom. The zero-order valence-electron chi connectivity index (χ0n) is 8.46. The first kappa shape index (κ1) is 11.4. The van der Waals surface area contributed by atoms with E-state index in [0.717, 1.165) is 12.8 Å². The molecule has 70 valence electrons. The second-order valence-electron chi connectivity index (χ2n) is 4.34. The second kappa shape index (κ2) is 4.47. The van der Waals surface area contributed by atoms with Crippen LogP contribution in [0, 0.1) is 22.7 Å². The van der Waals surface area contributed by atoms with Crippen LogP contribution in [0.4, 0.5) is 0 Å². The van der Waals surface area contributed by atoms with Crippen molar-refractivity contribution in [2.45, 2.75) is 46.6 Å². The molecule has 0 aliphatic carbocycles. The van der Waals surface area contributed by atoms with Gasteiger partial charge in [0.1, 0.15) is 0 Å². The number of nitriles is 1. The first-order valence-electron chi connectivity index (χ1n) is 4.51. The molecule has 0 heterocycles. The van der Waals surface area contributed by atoms with Crippen molar-refractivity contribution in [1.82, 2.24) is 0 Å². The highest BCUT2D eigenvalue weighted by Gasteiger charge is 2.29. The summed E-state index contributed by atoms with van der Waals surface area (Å²) in [6.07, 6.45) is 1.22. The Hall–Kier alpha value is -0.550. The summed E-state index contributed by atoms with van der Waals surface area (Å²) in [6, 6.07) is 2.16. The lowest BCUT2D eigenvalue weighted by molar-refractivity contribution is 0.0276. The lowest BCUT2D eigenvalue weighted by Gasteiger charge is -2.29. The van der Waals surface area contributed by atoms with Crippen molar-refractivity contribution in [1.29, 1.82) is 5.26 Å². The number of aliphatic hydroxyl groups excluding tert-OH is 1. The van der Waals surface area contributed by atoms with Gasteiger partial charge in [-0.1, -0.05) is 34.1 Å². The summed E-state index contributed by atoms with van der Waals surface area (Å²) in [5.74, 6) is -0.213. The Bertz CT molecular complexity index is 164. The van der Waals surface area contributed by atoms with Crippen LogP contribution >= 0.6 is 0 Å². The highest BCUT2D eigenvalue weighted by atomic mass is 16.3. The Morgan fingerprint density at radius 2 is 1.92 bits per heavy atom. The van der Waals surface area contributed by atoms with E-state index >= 15 is 0 Å². The van der Waals surface area contributed by atoms with Crippen LogP contribution < -0.4 is 0 Å². The van der Waals surface area contributed by atoms with Crippen molar-refractivity contribution >= 4 is 0 Å². The highest BCUT2D eigenvalue weighted by molar-refractivity contribution is 4.92. The molecule has 2 heteroatoms. The minimum absolute atomic E-state index is 0.185. The van der Waals surface area contributed by atoms with Crippen molar-refractivity contribution in [2.24, 2.45) is 11.3 Å². The van der Waals surface area contributed by atoms with E-state index in [0.29, 0.717) is 0 Å². The number of hydrogen-bond donors (Lipinski definition) is 1. The highest BCUT2D eigenvalue weighted by Crippen LogP contribution is 2.27. The molecule has 0 spiro atoms. The molecule has 2 nitrogen and oxygen atoms in total. The van der Waals surface area contributed by atoms with Gasteiger partial charge in [0.2, 0.25) is 0 Å². The minimum Gasteiger partial charge on any atom is -0.391 e. The van der Waals surface area contributed by atoms with Gasteiger partial charge in [0.25, 0.3) is 0 Å². The lowest BCUT2D eigenvalue weighted by Crippen LogP contribution is -2.33. The third-order valence-electron chi connectivity index (χ3n) is 2.03. The summed E-state index contributed by atoms with van der Waals surface area (Å²) in [7, 11) is 0. The maximum atomic E-state index is 9.75. The van der Waals surface area contributed by atoms with Gasteiger partial charge in [0.05, 0.1) is 18.1 Å². The first-order chi connectivity index (χ1) is 5.43. The SMILES string of the molecule is CCC[C@@H](C#N)[C@H](O)C(C)(C)C. The topological polar surface area (TPSA) is 44.0 Å². The molecule has 0 aromatic rings. The smallest absolute Gasteiger partial charge is 0.0746 e. The summed E-state index contributed by atoms with van der Waals surface area (Å²) >= 11 is 0. The van der Waals surface area contributed by atoms with Crippen LogP contribution in [0.25, 0.3) is 0 Å². The molecule has 0 aliphatic heterocycles. The number of rotatable bonds is 3. The average Bonchev–Trinajstić information content (AvgIpc) is 1.97. The zero-order valence-corrected chi connectivity index (χ0v) is 8.46. The summed E-state index contributed by atoms with van der Waals surface area (Å²) in [4.78, 5) is 0. The fourth-order valence-corrected chi connectivity index (χ4v) is 1.21. The molecule has 0 amide bonds. The molecule has 0 rings (SSSR count). The maximum absolute atomic E-state index is 9.75. The van der Waals surface area contributed by atoms with Crippen molar-refractivity contribution in [3.63, 3.8) is 0 Å². The lowest BCUT2D eigenvalue weighted by atomic mass is 9.80. The monoisotopic (exact) mass is 169 g/mol. The predicted molar refractivity (Wildman–Crippen MR) is 49.5 cm³/mol. The molecular formula is C10H19NO. The van der Waals surface area contributed by atoms with Crippen LogP contribution in [0.3, 0.4) is 0 Å². The van der Waals surface area contributed by atoms with Gasteiger partial charge >= 0.3 is 0 Å². The largest absolute Gasteiger partial charge is 0.391 e. The number of aliphatic hydroxyl groups is 1. The van der Waals surface area contributed by atoms with Crippen LogP contribution in [0.1, 0.15) is 40.5 Å². The van der Waals surface area contributed by atoms with E-state index in [1.165, 1.54) is 0 Å². The van der Waals surface area contributed by atoms with Crippen LogP contribution in [0.5, 0.6) is 0 Å². The molecule has 0 saturated carbocycles. The van der Waals surface area contributed by atoms with Gasteiger partial charge in [-0.15, -0.1) is 0 Å². The van der Waals surface area contributed by atoms with Gasteiger partial charge in [-0.05, 0) is 11.8 Å². The fourth-order valence-electron chi connectivity index (χ4n) is 1.21. The van der Waals surface area contributed by atoms with E-state index in [4.69, 9.17) is 5.26 Å². The van der Waals surface area contributed by atoms with Gasteiger partial charge in [0.15, 0.2) is 0 Å². The molecule has 1 N–H and O–H groups in total. The van der Waals surface area contributed by atoms with E-state index in [2.05, 4.69) is 6.07 Å². The average molecular weight is 169 g/mol. The third kappa shape index (κ3) is 3.23. The van der Waals surface area contributed by atoms with E-state index in [1.54, 1.807) is 0 Å². The second-order valence-corrected chi connectivity index (χ2v) is 4.34. The van der Waals surface area contributed by atoms with Crippen molar-refractivity contribution in [3.8, 4) is 6.07 Å². The van der Waals surface area contributed by atoms with Gasteiger partial charge in [-0.25, -0.2) is 0 Å². The standard InChI is InChI=1S/C10H19NO/c1-5-6-8(7-11)9(12)10(2,3)4/h8-9,12H,5-6H2,1-4H3/t8-,9-/m0/s1. The maximum Gasteiger partial charge on any atom is 0.0746 e. The molecule has 0 radical (unpaired) electrons. The molecule has 0 aromatic heterocycles. The zero-order chi connectivity index (χ0) is 9.78. The molecule has 12 heavy (non-hydrogen) atoms. The van der Waals surface area contributed by atoms with Crippen molar-refractivity contribution in [2.75, 3.05) is 0 Å². The molecule has 0 bridgehead atoms. The molecular weight excluding hydrogens is 150 g/mol. The van der Waals surface area contributed by atoms with E-state index in [-0.39, 0.29) is 11.3 Å². The Morgan fingerprint density at radius 1 is 1.42 bits per heavy atom. The molecule has 0 unspecified atom stereocenters. The summed E-state index contributed by atoms with van der Waals surface area (Å²) < 4.78 is 0. The van der Waals surface area contributed by atoms with Crippen molar-refractivity contribution < 1.29 is 5.11 Å². The number of hydrogen-bond acceptors (Lipinski definition) is 2. The number of nitrogens with zero attached hydrogens (tertiary/aromatic N) is 1. The molecule has 0 aliphatic rings. The summed E-state index contributed by atoms with van der Waals surface area (Å²) in [5, 5.41) is 18.5. The van der Waals surface area contributed by atoms with Crippen LogP contribution in [-0.4, -0.2) is 11.2 Å². The fraction of sp³-hybridized carbons (Fsp3) is 0.900. The van der Waals surface area contributed by atoms with E-state index in [9.17, 15) is 5.11 Å². The van der Waals surface area contributed by atoms with Crippen LogP contribution in [0.15, 0.2) is 0 Å². The van der Waals surface area contributed by atoms with Crippen LogP contribution in [0.2, 0.25) is 0 Å². The molecule has 0 aromatic carbocycles. The van der Waals surface area contributed by atoms with Gasteiger partial charge < -0.3 is 5.11 Å². The minimum atomic E-state index is -0.512. The summed E-state index contributed by atoms with van der Waals surface area (Å²) in [6.45, 7) is 7.90. The molecule has 2 atom stereocenters. The normalized spacial score (nSPS) is 16.7. The van der Waals surface area contributed by atoms with Crippen LogP contribution in [-0.2, 0) is 0 Å². The predicted octanol–water partition coefficient (Wildman–Crippen LogP) is 2.33. The quantitative estimate of drug-likeness (QED) is 0.704. The van der Waals surface area contributed by atoms with Gasteiger partial charge in [-0.2, -0.15) is 5.26 Å². The summed E-state index contributed by atoms with van der Waals surface area (Å²) in [5.41, 5.74) is -0.185. The van der Waals surface area contributed by atoms with E-state index < -0.39 is 6.10 Å². The van der Waals surface area contributed by atoms with Gasteiger partial charge in [0, 0.05) is 0 Å². The molecule has 0 saturated heterocycles. The van der Waals surface area contributed by atoms with Crippen molar-refractivity contribution in [3.05, 3.63) is 0 Å². The third-order valence-corrected chi connectivity index (χ3v) is 2.03. The van der Waals surface area contributed by atoms with E-state index in [1.807, 2.05) is 27.7 Å². The Balaban J connectivity index is 4.24. The Labute approximate surface area is 75.2 Å².